The highest BCUT2D eigenvalue weighted by molar-refractivity contribution is 7.09. The first-order valence-corrected chi connectivity index (χ1v) is 6.61. The van der Waals surface area contributed by atoms with Gasteiger partial charge in [0.05, 0.1) is 0 Å². The van der Waals surface area contributed by atoms with E-state index in [2.05, 4.69) is 35.1 Å². The molecule has 0 bridgehead atoms. The number of rotatable bonds is 8. The highest BCUT2D eigenvalue weighted by Crippen LogP contribution is 2.11. The number of hydrogen-bond acceptors (Lipinski definition) is 3. The molecule has 1 unspecified atom stereocenters. The molecule has 1 aromatic rings. The van der Waals surface area contributed by atoms with Gasteiger partial charge in [-0.15, -0.1) is 11.3 Å². The first-order valence-electron chi connectivity index (χ1n) is 5.73. The van der Waals surface area contributed by atoms with Crippen molar-refractivity contribution in [3.8, 4) is 0 Å². The van der Waals surface area contributed by atoms with Crippen LogP contribution >= 0.6 is 11.3 Å². The van der Waals surface area contributed by atoms with Crippen molar-refractivity contribution in [2.75, 3.05) is 20.1 Å². The van der Waals surface area contributed by atoms with Crippen LogP contribution in [0.1, 0.15) is 24.6 Å². The minimum atomic E-state index is 0.580. The summed E-state index contributed by atoms with van der Waals surface area (Å²) >= 11 is 1.86. The van der Waals surface area contributed by atoms with E-state index in [4.69, 9.17) is 0 Å². The fourth-order valence-corrected chi connectivity index (χ4v) is 2.36. The van der Waals surface area contributed by atoms with Crippen molar-refractivity contribution >= 4 is 11.3 Å². The lowest BCUT2D eigenvalue weighted by atomic mass is 10.2. The van der Waals surface area contributed by atoms with Crippen LogP contribution in [0.3, 0.4) is 0 Å². The fourth-order valence-electron chi connectivity index (χ4n) is 1.61. The summed E-state index contributed by atoms with van der Waals surface area (Å²) in [7, 11) is 2.00. The van der Waals surface area contributed by atoms with Gasteiger partial charge in [0.1, 0.15) is 0 Å². The zero-order valence-corrected chi connectivity index (χ0v) is 10.6. The predicted octanol–water partition coefficient (Wildman–Crippen LogP) is 2.27. The molecule has 0 fully saturated rings. The Kier molecular flexibility index (Phi) is 6.64. The van der Waals surface area contributed by atoms with Gasteiger partial charge in [-0.05, 0) is 51.2 Å². The summed E-state index contributed by atoms with van der Waals surface area (Å²) in [5.74, 6) is 0. The van der Waals surface area contributed by atoms with Crippen LogP contribution in [-0.2, 0) is 6.42 Å². The van der Waals surface area contributed by atoms with Crippen LogP contribution in [-0.4, -0.2) is 26.2 Å². The van der Waals surface area contributed by atoms with Gasteiger partial charge in [-0.25, -0.2) is 0 Å². The summed E-state index contributed by atoms with van der Waals surface area (Å²) < 4.78 is 0. The zero-order chi connectivity index (χ0) is 10.9. The number of nitrogens with one attached hydrogen (secondary N) is 2. The lowest BCUT2D eigenvalue weighted by molar-refractivity contribution is 0.508. The first kappa shape index (κ1) is 12.7. The lowest BCUT2D eigenvalue weighted by Crippen LogP contribution is -2.35. The van der Waals surface area contributed by atoms with Crippen molar-refractivity contribution in [3.05, 3.63) is 22.4 Å². The Morgan fingerprint density at radius 1 is 1.40 bits per heavy atom. The Bertz CT molecular complexity index is 234. The van der Waals surface area contributed by atoms with E-state index in [0.717, 1.165) is 13.1 Å². The molecule has 1 rings (SSSR count). The molecule has 0 saturated heterocycles. The SMILES string of the molecule is CNCC(C)NCCCCc1cccs1. The molecule has 0 spiro atoms. The predicted molar refractivity (Wildman–Crippen MR) is 68.6 cm³/mol. The first-order chi connectivity index (χ1) is 7.33. The summed E-state index contributed by atoms with van der Waals surface area (Å²) in [6.45, 7) is 4.40. The molecule has 1 aromatic heterocycles. The second-order valence-electron chi connectivity index (χ2n) is 3.95. The molecule has 0 aromatic carbocycles. The van der Waals surface area contributed by atoms with Crippen LogP contribution in [0.15, 0.2) is 17.5 Å². The summed E-state index contributed by atoms with van der Waals surface area (Å²) in [5.41, 5.74) is 0. The van der Waals surface area contributed by atoms with Gasteiger partial charge in [-0.1, -0.05) is 6.07 Å². The van der Waals surface area contributed by atoms with E-state index >= 15 is 0 Å². The maximum atomic E-state index is 3.50. The second-order valence-corrected chi connectivity index (χ2v) is 4.98. The maximum Gasteiger partial charge on any atom is 0.0164 e. The van der Waals surface area contributed by atoms with Crippen LogP contribution in [0.5, 0.6) is 0 Å². The second kappa shape index (κ2) is 7.85. The van der Waals surface area contributed by atoms with Gasteiger partial charge >= 0.3 is 0 Å². The zero-order valence-electron chi connectivity index (χ0n) is 9.75. The molecule has 1 heterocycles. The quantitative estimate of drug-likeness (QED) is 0.665. The number of thiophene rings is 1. The van der Waals surface area contributed by atoms with E-state index in [9.17, 15) is 0 Å². The molecular formula is C12H22N2S. The Hall–Kier alpha value is -0.380. The number of aryl methyl sites for hydroxylation is 1. The van der Waals surface area contributed by atoms with Gasteiger partial charge in [0, 0.05) is 17.5 Å². The number of hydrogen-bond donors (Lipinski definition) is 2. The molecule has 2 N–H and O–H groups in total. The Morgan fingerprint density at radius 2 is 2.27 bits per heavy atom. The van der Waals surface area contributed by atoms with Crippen molar-refractivity contribution < 1.29 is 0 Å². The third-order valence-corrected chi connectivity index (χ3v) is 3.37. The van der Waals surface area contributed by atoms with Crippen LogP contribution in [0, 0.1) is 0 Å². The van der Waals surface area contributed by atoms with Crippen LogP contribution in [0.25, 0.3) is 0 Å². The standard InChI is InChI=1S/C12H22N2S/c1-11(10-13-2)14-8-4-3-6-12-7-5-9-15-12/h5,7,9,11,13-14H,3-4,6,8,10H2,1-2H3. The monoisotopic (exact) mass is 226 g/mol. The van der Waals surface area contributed by atoms with Crippen LogP contribution in [0.4, 0.5) is 0 Å². The van der Waals surface area contributed by atoms with Crippen molar-refractivity contribution in [1.82, 2.24) is 10.6 Å². The summed E-state index contributed by atoms with van der Waals surface area (Å²) in [6, 6.07) is 4.94. The average Bonchev–Trinajstić information content (AvgIpc) is 2.70. The summed E-state index contributed by atoms with van der Waals surface area (Å²) in [5, 5.41) is 8.83. The van der Waals surface area contributed by atoms with Crippen molar-refractivity contribution in [2.45, 2.75) is 32.2 Å². The third kappa shape index (κ3) is 5.92. The Morgan fingerprint density at radius 3 is 2.93 bits per heavy atom. The number of likely N-dealkylation sites (N-methyl/N-ethyl adjacent to an activating group) is 1. The number of unbranched alkanes of at least 4 members (excludes halogenated alkanes) is 1. The van der Waals surface area contributed by atoms with E-state index in [1.807, 2.05) is 18.4 Å². The fraction of sp³-hybridized carbons (Fsp3) is 0.667. The molecule has 0 aliphatic carbocycles. The van der Waals surface area contributed by atoms with E-state index in [0.29, 0.717) is 6.04 Å². The Balaban J connectivity index is 1.93. The minimum Gasteiger partial charge on any atom is -0.318 e. The molecule has 0 aliphatic rings. The molecule has 15 heavy (non-hydrogen) atoms. The van der Waals surface area contributed by atoms with Crippen molar-refractivity contribution in [3.63, 3.8) is 0 Å². The van der Waals surface area contributed by atoms with E-state index in [-0.39, 0.29) is 0 Å². The van der Waals surface area contributed by atoms with Gasteiger partial charge in [0.15, 0.2) is 0 Å². The van der Waals surface area contributed by atoms with E-state index in [1.165, 1.54) is 24.1 Å². The summed E-state index contributed by atoms with van der Waals surface area (Å²) in [6.07, 6.45) is 3.80. The van der Waals surface area contributed by atoms with Gasteiger partial charge in [-0.3, -0.25) is 0 Å². The van der Waals surface area contributed by atoms with Crippen LogP contribution in [0.2, 0.25) is 0 Å². The van der Waals surface area contributed by atoms with Gasteiger partial charge in [0.2, 0.25) is 0 Å². The van der Waals surface area contributed by atoms with E-state index in [1.54, 1.807) is 0 Å². The molecule has 1 atom stereocenters. The summed E-state index contributed by atoms with van der Waals surface area (Å²) in [4.78, 5) is 1.51. The molecule has 86 valence electrons. The molecule has 2 nitrogen and oxygen atoms in total. The van der Waals surface area contributed by atoms with Gasteiger partial charge in [0.25, 0.3) is 0 Å². The molecule has 0 aliphatic heterocycles. The molecule has 0 amide bonds. The Labute approximate surface area is 97.1 Å². The molecule has 3 heteroatoms. The van der Waals surface area contributed by atoms with Gasteiger partial charge in [-0.2, -0.15) is 0 Å². The molecule has 0 saturated carbocycles. The largest absolute Gasteiger partial charge is 0.318 e. The molecule has 0 radical (unpaired) electrons. The van der Waals surface area contributed by atoms with Gasteiger partial charge < -0.3 is 10.6 Å². The van der Waals surface area contributed by atoms with E-state index < -0.39 is 0 Å². The van der Waals surface area contributed by atoms with Crippen molar-refractivity contribution in [2.24, 2.45) is 0 Å². The molecular weight excluding hydrogens is 204 g/mol. The average molecular weight is 226 g/mol. The topological polar surface area (TPSA) is 24.1 Å². The maximum absolute atomic E-state index is 3.50. The smallest absolute Gasteiger partial charge is 0.0164 e. The highest BCUT2D eigenvalue weighted by Gasteiger charge is 1.98. The minimum absolute atomic E-state index is 0.580. The third-order valence-electron chi connectivity index (χ3n) is 2.43. The normalized spacial score (nSPS) is 12.9. The van der Waals surface area contributed by atoms with Crippen molar-refractivity contribution in [1.29, 1.82) is 0 Å². The van der Waals surface area contributed by atoms with Crippen LogP contribution < -0.4 is 10.6 Å². The highest BCUT2D eigenvalue weighted by atomic mass is 32.1. The lowest BCUT2D eigenvalue weighted by Gasteiger charge is -2.12.